The highest BCUT2D eigenvalue weighted by Crippen LogP contribution is 2.07. The third-order valence-electron chi connectivity index (χ3n) is 1.70. The third kappa shape index (κ3) is 3.37. The molecular weight excluding hydrogens is 152 g/mol. The van der Waals surface area contributed by atoms with Gasteiger partial charge in [-0.1, -0.05) is 12.2 Å². The second kappa shape index (κ2) is 4.75. The van der Waals surface area contributed by atoms with Crippen LogP contribution in [0.2, 0.25) is 0 Å². The summed E-state index contributed by atoms with van der Waals surface area (Å²) in [6, 6.07) is 0. The molecule has 66 valence electrons. The number of rotatable bonds is 1. The zero-order valence-electron chi connectivity index (χ0n) is 7.32. The Morgan fingerprint density at radius 3 is 2.42 bits per heavy atom. The average Bonchev–Trinajstić information content (AvgIpc) is 1.93. The zero-order chi connectivity index (χ0) is 8.81. The van der Waals surface area contributed by atoms with E-state index in [9.17, 15) is 4.79 Å². The van der Waals surface area contributed by atoms with Crippen molar-refractivity contribution in [1.82, 2.24) is 0 Å². The largest absolute Gasteiger partial charge is 0.454 e. The standard InChI is InChI=1S/C10H14O2/c1-9(11)12-10-7-5-3-2-4-6-8-10/h5-8,10H,2-4H2,1H3/b7-5-,8-6-. The monoisotopic (exact) mass is 166 g/mol. The lowest BCUT2D eigenvalue weighted by Gasteiger charge is -2.09. The molecular formula is C10H14O2. The molecule has 0 N–H and O–H groups in total. The molecule has 0 fully saturated rings. The molecule has 2 heteroatoms. The van der Waals surface area contributed by atoms with Crippen LogP contribution in [0.25, 0.3) is 0 Å². The van der Waals surface area contributed by atoms with E-state index in [1.165, 1.54) is 13.3 Å². The van der Waals surface area contributed by atoms with Crippen molar-refractivity contribution in [2.75, 3.05) is 0 Å². The molecule has 0 amide bonds. The average molecular weight is 166 g/mol. The maximum Gasteiger partial charge on any atom is 0.303 e. The Morgan fingerprint density at radius 2 is 1.92 bits per heavy atom. The van der Waals surface area contributed by atoms with Gasteiger partial charge in [0.1, 0.15) is 6.10 Å². The molecule has 12 heavy (non-hydrogen) atoms. The summed E-state index contributed by atoms with van der Waals surface area (Å²) in [6.45, 7) is 1.43. The Hall–Kier alpha value is -1.05. The Kier molecular flexibility index (Phi) is 3.58. The van der Waals surface area contributed by atoms with Crippen LogP contribution in [0.1, 0.15) is 26.2 Å². The van der Waals surface area contributed by atoms with Crippen LogP contribution in [0.5, 0.6) is 0 Å². The Labute approximate surface area is 72.9 Å². The number of esters is 1. The molecule has 0 radical (unpaired) electrons. The van der Waals surface area contributed by atoms with Crippen LogP contribution in [0.3, 0.4) is 0 Å². The summed E-state index contributed by atoms with van der Waals surface area (Å²) in [5, 5.41) is 0. The van der Waals surface area contributed by atoms with E-state index in [0.29, 0.717) is 0 Å². The van der Waals surface area contributed by atoms with Gasteiger partial charge in [-0.05, 0) is 31.4 Å². The van der Waals surface area contributed by atoms with Gasteiger partial charge in [0.2, 0.25) is 0 Å². The topological polar surface area (TPSA) is 26.3 Å². The normalized spacial score (nSPS) is 23.8. The first-order valence-corrected chi connectivity index (χ1v) is 4.29. The predicted molar refractivity (Wildman–Crippen MR) is 47.7 cm³/mol. The molecule has 2 nitrogen and oxygen atoms in total. The summed E-state index contributed by atoms with van der Waals surface area (Å²) >= 11 is 0. The lowest BCUT2D eigenvalue weighted by molar-refractivity contribution is -0.142. The molecule has 0 aromatic heterocycles. The van der Waals surface area contributed by atoms with Gasteiger partial charge in [0.05, 0.1) is 0 Å². The van der Waals surface area contributed by atoms with Gasteiger partial charge in [-0.15, -0.1) is 0 Å². The van der Waals surface area contributed by atoms with Crippen molar-refractivity contribution < 1.29 is 9.53 Å². The van der Waals surface area contributed by atoms with E-state index in [0.717, 1.165) is 12.8 Å². The lowest BCUT2D eigenvalue weighted by Crippen LogP contribution is -2.11. The molecule has 1 aliphatic rings. The van der Waals surface area contributed by atoms with Crippen molar-refractivity contribution in [3.05, 3.63) is 24.3 Å². The van der Waals surface area contributed by atoms with Gasteiger partial charge < -0.3 is 4.74 Å². The van der Waals surface area contributed by atoms with Crippen molar-refractivity contribution in [2.24, 2.45) is 0 Å². The summed E-state index contributed by atoms with van der Waals surface area (Å²) in [5.41, 5.74) is 0. The van der Waals surface area contributed by atoms with Crippen LogP contribution in [-0.4, -0.2) is 12.1 Å². The first-order valence-electron chi connectivity index (χ1n) is 4.29. The van der Waals surface area contributed by atoms with Crippen molar-refractivity contribution in [1.29, 1.82) is 0 Å². The van der Waals surface area contributed by atoms with Gasteiger partial charge in [0, 0.05) is 6.92 Å². The number of carbonyl (C=O) groups is 1. The molecule has 0 atom stereocenters. The third-order valence-corrected chi connectivity index (χ3v) is 1.70. The summed E-state index contributed by atoms with van der Waals surface area (Å²) in [6.07, 6.45) is 11.2. The summed E-state index contributed by atoms with van der Waals surface area (Å²) in [4.78, 5) is 10.6. The maximum atomic E-state index is 10.6. The summed E-state index contributed by atoms with van der Waals surface area (Å²) in [7, 11) is 0. The van der Waals surface area contributed by atoms with Gasteiger partial charge in [-0.3, -0.25) is 4.79 Å². The molecule has 0 spiro atoms. The highest BCUT2D eigenvalue weighted by molar-refractivity contribution is 5.66. The molecule has 0 aromatic carbocycles. The van der Waals surface area contributed by atoms with Crippen molar-refractivity contribution in [2.45, 2.75) is 32.3 Å². The number of allylic oxidation sites excluding steroid dienone is 2. The Balaban J connectivity index is 2.48. The molecule has 0 bridgehead atoms. The second-order valence-corrected chi connectivity index (χ2v) is 2.86. The van der Waals surface area contributed by atoms with Crippen LogP contribution in [0.4, 0.5) is 0 Å². The van der Waals surface area contributed by atoms with Gasteiger partial charge in [0.15, 0.2) is 0 Å². The second-order valence-electron chi connectivity index (χ2n) is 2.86. The van der Waals surface area contributed by atoms with Gasteiger partial charge in [-0.2, -0.15) is 0 Å². The fourth-order valence-electron chi connectivity index (χ4n) is 1.15. The van der Waals surface area contributed by atoms with E-state index in [4.69, 9.17) is 4.74 Å². The van der Waals surface area contributed by atoms with E-state index in [-0.39, 0.29) is 12.1 Å². The van der Waals surface area contributed by atoms with E-state index in [1.54, 1.807) is 0 Å². The van der Waals surface area contributed by atoms with Gasteiger partial charge >= 0.3 is 5.97 Å². The highest BCUT2D eigenvalue weighted by atomic mass is 16.5. The van der Waals surface area contributed by atoms with E-state index < -0.39 is 0 Å². The van der Waals surface area contributed by atoms with Gasteiger partial charge in [-0.25, -0.2) is 0 Å². The molecule has 0 heterocycles. The number of ether oxygens (including phenoxy) is 1. The highest BCUT2D eigenvalue weighted by Gasteiger charge is 2.03. The van der Waals surface area contributed by atoms with Crippen molar-refractivity contribution >= 4 is 5.97 Å². The van der Waals surface area contributed by atoms with Crippen molar-refractivity contribution in [3.8, 4) is 0 Å². The van der Waals surface area contributed by atoms with Crippen LogP contribution < -0.4 is 0 Å². The number of hydrogen-bond acceptors (Lipinski definition) is 2. The molecule has 1 aliphatic carbocycles. The minimum atomic E-state index is -0.227. The molecule has 0 saturated carbocycles. The zero-order valence-corrected chi connectivity index (χ0v) is 7.32. The predicted octanol–water partition coefficient (Wildman–Crippen LogP) is 2.21. The Bertz CT molecular complexity index is 190. The lowest BCUT2D eigenvalue weighted by atomic mass is 10.1. The number of carbonyl (C=O) groups excluding carboxylic acids is 1. The SMILES string of the molecule is CC(=O)OC1/C=C\CCC/C=C\1. The minimum absolute atomic E-state index is 0.150. The fraction of sp³-hybridized carbons (Fsp3) is 0.500. The first-order chi connectivity index (χ1) is 5.79. The maximum absolute atomic E-state index is 10.6. The van der Waals surface area contributed by atoms with Gasteiger partial charge in [0.25, 0.3) is 0 Å². The smallest absolute Gasteiger partial charge is 0.303 e. The number of hydrogen-bond donors (Lipinski definition) is 0. The molecule has 0 saturated heterocycles. The summed E-state index contributed by atoms with van der Waals surface area (Å²) in [5.74, 6) is -0.227. The molecule has 0 unspecified atom stereocenters. The van der Waals surface area contributed by atoms with Crippen LogP contribution in [0.15, 0.2) is 24.3 Å². The minimum Gasteiger partial charge on any atom is -0.454 e. The first kappa shape index (κ1) is 9.04. The Morgan fingerprint density at radius 1 is 1.33 bits per heavy atom. The molecule has 0 aromatic rings. The van der Waals surface area contributed by atoms with E-state index in [1.807, 2.05) is 12.2 Å². The van der Waals surface area contributed by atoms with E-state index in [2.05, 4.69) is 12.2 Å². The van der Waals surface area contributed by atoms with Crippen LogP contribution >= 0.6 is 0 Å². The fourth-order valence-corrected chi connectivity index (χ4v) is 1.15. The van der Waals surface area contributed by atoms with Crippen LogP contribution in [0, 0.1) is 0 Å². The van der Waals surface area contributed by atoms with Crippen molar-refractivity contribution in [3.63, 3.8) is 0 Å². The summed E-state index contributed by atoms with van der Waals surface area (Å²) < 4.78 is 5.01. The quantitative estimate of drug-likeness (QED) is 0.441. The van der Waals surface area contributed by atoms with Crippen LogP contribution in [-0.2, 0) is 9.53 Å². The van der Waals surface area contributed by atoms with E-state index >= 15 is 0 Å². The molecule has 1 rings (SSSR count). The molecule has 0 aliphatic heterocycles.